The molecule has 2 aromatic rings. The highest BCUT2D eigenvalue weighted by Gasteiger charge is 2.41. The predicted octanol–water partition coefficient (Wildman–Crippen LogP) is 3.28. The first kappa shape index (κ1) is 16.3. The molecule has 4 nitrogen and oxygen atoms in total. The molecule has 1 spiro atoms. The van der Waals surface area contributed by atoms with Crippen LogP contribution in [0.3, 0.4) is 0 Å². The lowest BCUT2D eigenvalue weighted by atomic mass is 9.79. The number of rotatable bonds is 4. The highest BCUT2D eigenvalue weighted by atomic mass is 32.1. The first-order valence-corrected chi connectivity index (χ1v) is 9.90. The number of hydrogen-bond acceptors (Lipinski definition) is 4. The fourth-order valence-corrected chi connectivity index (χ4v) is 5.48. The lowest BCUT2D eigenvalue weighted by molar-refractivity contribution is 0.0867. The van der Waals surface area contributed by atoms with Crippen LogP contribution in [0.25, 0.3) is 0 Å². The standard InChI is InChI=1S/C19H28N4S/c1-16-4-5-18(24-16)13-23-9-7-19(15-23)6-3-8-22(14-19)12-17-10-20-21(2)11-17/h4-5,10-11H,3,6-9,12-15H2,1-2H3/t19-/m1/s1. The van der Waals surface area contributed by atoms with Crippen LogP contribution < -0.4 is 0 Å². The third kappa shape index (κ3) is 3.58. The Morgan fingerprint density at radius 2 is 1.96 bits per heavy atom. The van der Waals surface area contributed by atoms with E-state index in [-0.39, 0.29) is 0 Å². The van der Waals surface area contributed by atoms with Crippen LogP contribution >= 0.6 is 11.3 Å². The summed E-state index contributed by atoms with van der Waals surface area (Å²) in [5.74, 6) is 0. The number of nitrogens with zero attached hydrogens (tertiary/aromatic N) is 4. The monoisotopic (exact) mass is 344 g/mol. The Balaban J connectivity index is 1.36. The molecule has 2 fully saturated rings. The normalized spacial score (nSPS) is 25.8. The van der Waals surface area contributed by atoms with Gasteiger partial charge in [0.15, 0.2) is 0 Å². The van der Waals surface area contributed by atoms with Crippen molar-refractivity contribution in [3.8, 4) is 0 Å². The van der Waals surface area contributed by atoms with E-state index in [9.17, 15) is 0 Å². The van der Waals surface area contributed by atoms with Crippen LogP contribution in [0.2, 0.25) is 0 Å². The van der Waals surface area contributed by atoms with E-state index in [0.29, 0.717) is 5.41 Å². The van der Waals surface area contributed by atoms with Crippen molar-refractivity contribution in [2.45, 2.75) is 39.3 Å². The summed E-state index contributed by atoms with van der Waals surface area (Å²) >= 11 is 1.95. The van der Waals surface area contributed by atoms with Crippen molar-refractivity contribution in [3.05, 3.63) is 39.8 Å². The molecule has 0 amide bonds. The zero-order chi connectivity index (χ0) is 16.6. The summed E-state index contributed by atoms with van der Waals surface area (Å²) in [6.45, 7) is 9.42. The number of aromatic nitrogens is 2. The van der Waals surface area contributed by atoms with Crippen LogP contribution in [0.1, 0.15) is 34.6 Å². The molecule has 0 unspecified atom stereocenters. The van der Waals surface area contributed by atoms with Crippen molar-refractivity contribution in [1.29, 1.82) is 0 Å². The van der Waals surface area contributed by atoms with Crippen molar-refractivity contribution in [2.24, 2.45) is 12.5 Å². The van der Waals surface area contributed by atoms with Gasteiger partial charge < -0.3 is 0 Å². The number of aryl methyl sites for hydroxylation is 2. The van der Waals surface area contributed by atoms with Crippen LogP contribution in [0, 0.1) is 12.3 Å². The summed E-state index contributed by atoms with van der Waals surface area (Å²) in [7, 11) is 2.00. The van der Waals surface area contributed by atoms with Gasteiger partial charge in [0.2, 0.25) is 0 Å². The number of likely N-dealkylation sites (tertiary alicyclic amines) is 2. The topological polar surface area (TPSA) is 24.3 Å². The molecule has 0 radical (unpaired) electrons. The Labute approximate surface area is 149 Å². The van der Waals surface area contributed by atoms with Gasteiger partial charge in [-0.25, -0.2) is 0 Å². The molecule has 5 heteroatoms. The molecule has 0 aliphatic carbocycles. The van der Waals surface area contributed by atoms with E-state index in [1.807, 2.05) is 29.3 Å². The molecule has 2 aliphatic heterocycles. The van der Waals surface area contributed by atoms with E-state index in [2.05, 4.69) is 40.2 Å². The Kier molecular flexibility index (Phi) is 4.50. The molecule has 24 heavy (non-hydrogen) atoms. The lowest BCUT2D eigenvalue weighted by Gasteiger charge is -2.40. The molecule has 2 aromatic heterocycles. The van der Waals surface area contributed by atoms with Gasteiger partial charge in [0, 0.05) is 54.7 Å². The molecule has 0 saturated carbocycles. The van der Waals surface area contributed by atoms with Crippen molar-refractivity contribution in [1.82, 2.24) is 19.6 Å². The van der Waals surface area contributed by atoms with E-state index >= 15 is 0 Å². The highest BCUT2D eigenvalue weighted by molar-refractivity contribution is 7.11. The van der Waals surface area contributed by atoms with Gasteiger partial charge in [-0.1, -0.05) is 0 Å². The van der Waals surface area contributed by atoms with E-state index in [1.165, 1.54) is 60.8 Å². The van der Waals surface area contributed by atoms with Crippen LogP contribution in [0.4, 0.5) is 0 Å². The second-order valence-electron chi connectivity index (χ2n) is 7.81. The summed E-state index contributed by atoms with van der Waals surface area (Å²) in [6.07, 6.45) is 8.27. The number of thiophene rings is 1. The Morgan fingerprint density at radius 1 is 1.12 bits per heavy atom. The fourth-order valence-electron chi connectivity index (χ4n) is 4.54. The largest absolute Gasteiger partial charge is 0.298 e. The average Bonchev–Trinajstić information content (AvgIpc) is 3.23. The Morgan fingerprint density at radius 3 is 2.67 bits per heavy atom. The minimum atomic E-state index is 0.521. The Hall–Kier alpha value is -1.17. The van der Waals surface area contributed by atoms with E-state index in [0.717, 1.165) is 13.1 Å². The molecule has 2 saturated heterocycles. The molecule has 0 bridgehead atoms. The molecular formula is C19H28N4S. The fraction of sp³-hybridized carbons (Fsp3) is 0.632. The van der Waals surface area contributed by atoms with Gasteiger partial charge in [0.05, 0.1) is 6.20 Å². The molecular weight excluding hydrogens is 316 g/mol. The van der Waals surface area contributed by atoms with Gasteiger partial charge >= 0.3 is 0 Å². The van der Waals surface area contributed by atoms with Crippen LogP contribution in [0.5, 0.6) is 0 Å². The summed E-state index contributed by atoms with van der Waals surface area (Å²) in [6, 6.07) is 4.56. The molecule has 4 heterocycles. The van der Waals surface area contributed by atoms with Crippen molar-refractivity contribution < 1.29 is 0 Å². The number of hydrogen-bond donors (Lipinski definition) is 0. The predicted molar refractivity (Wildman–Crippen MR) is 99.1 cm³/mol. The molecule has 2 aliphatic rings. The van der Waals surface area contributed by atoms with Gasteiger partial charge in [0.1, 0.15) is 0 Å². The van der Waals surface area contributed by atoms with Crippen LogP contribution in [-0.2, 0) is 20.1 Å². The second kappa shape index (κ2) is 6.62. The average molecular weight is 345 g/mol. The first-order valence-electron chi connectivity index (χ1n) is 9.08. The van der Waals surface area contributed by atoms with Crippen molar-refractivity contribution in [3.63, 3.8) is 0 Å². The molecule has 0 aromatic carbocycles. The van der Waals surface area contributed by atoms with Crippen molar-refractivity contribution in [2.75, 3.05) is 26.2 Å². The van der Waals surface area contributed by atoms with Gasteiger partial charge in [-0.3, -0.25) is 14.5 Å². The third-order valence-corrected chi connectivity index (χ3v) is 6.58. The van der Waals surface area contributed by atoms with E-state index < -0.39 is 0 Å². The molecule has 130 valence electrons. The summed E-state index contributed by atoms with van der Waals surface area (Å²) in [5.41, 5.74) is 1.87. The lowest BCUT2D eigenvalue weighted by Crippen LogP contribution is -2.44. The van der Waals surface area contributed by atoms with E-state index in [1.54, 1.807) is 0 Å². The zero-order valence-corrected chi connectivity index (χ0v) is 15.7. The Bertz CT molecular complexity index is 691. The molecule has 4 rings (SSSR count). The first-order chi connectivity index (χ1) is 11.6. The maximum Gasteiger partial charge on any atom is 0.0534 e. The molecule has 0 N–H and O–H groups in total. The summed E-state index contributed by atoms with van der Waals surface area (Å²) < 4.78 is 1.91. The highest BCUT2D eigenvalue weighted by Crippen LogP contribution is 2.40. The smallest absolute Gasteiger partial charge is 0.0534 e. The maximum atomic E-state index is 4.31. The minimum Gasteiger partial charge on any atom is -0.298 e. The van der Waals surface area contributed by atoms with Gasteiger partial charge in [0.25, 0.3) is 0 Å². The zero-order valence-electron chi connectivity index (χ0n) is 14.9. The summed E-state index contributed by atoms with van der Waals surface area (Å²) in [4.78, 5) is 8.28. The quantitative estimate of drug-likeness (QED) is 0.851. The van der Waals surface area contributed by atoms with Crippen LogP contribution in [0.15, 0.2) is 24.5 Å². The van der Waals surface area contributed by atoms with E-state index in [4.69, 9.17) is 0 Å². The number of piperidine rings is 1. The SMILES string of the molecule is Cc1ccc(CN2CC[C@@]3(CCCN(Cc4cnn(C)c4)C3)C2)s1. The van der Waals surface area contributed by atoms with Crippen molar-refractivity contribution >= 4 is 11.3 Å². The maximum absolute atomic E-state index is 4.31. The van der Waals surface area contributed by atoms with Crippen LogP contribution in [-0.4, -0.2) is 45.8 Å². The minimum absolute atomic E-state index is 0.521. The van der Waals surface area contributed by atoms with Gasteiger partial charge in [-0.2, -0.15) is 5.10 Å². The third-order valence-electron chi connectivity index (χ3n) is 5.60. The molecule has 1 atom stereocenters. The summed E-state index contributed by atoms with van der Waals surface area (Å²) in [5, 5.41) is 4.31. The van der Waals surface area contributed by atoms with Gasteiger partial charge in [-0.15, -0.1) is 11.3 Å². The second-order valence-corrected chi connectivity index (χ2v) is 9.18. The van der Waals surface area contributed by atoms with Gasteiger partial charge in [-0.05, 0) is 56.8 Å².